The average molecular weight is 307 g/mol. The molecule has 1 aliphatic heterocycles. The Morgan fingerprint density at radius 3 is 2.52 bits per heavy atom. The minimum absolute atomic E-state index is 0.0176. The van der Waals surface area contributed by atoms with Gasteiger partial charge in [0, 0.05) is 18.0 Å². The van der Waals surface area contributed by atoms with Gasteiger partial charge in [0.2, 0.25) is 5.91 Å². The molecule has 0 bridgehead atoms. The number of hydrogen-bond acceptors (Lipinski definition) is 4. The van der Waals surface area contributed by atoms with E-state index in [1.165, 1.54) is 4.90 Å². The maximum Gasteiger partial charge on any atom is 0.238 e. The van der Waals surface area contributed by atoms with Crippen molar-refractivity contribution in [1.82, 2.24) is 15.1 Å². The molecule has 0 radical (unpaired) electrons. The van der Waals surface area contributed by atoms with Crippen LogP contribution in [0.1, 0.15) is 25.6 Å². The molecule has 2 rings (SSSR count). The topological polar surface area (TPSA) is 35.6 Å². The van der Waals surface area contributed by atoms with Gasteiger partial charge in [0.15, 0.2) is 0 Å². The Morgan fingerprint density at radius 2 is 1.95 bits per heavy atom. The molecule has 1 unspecified atom stereocenters. The van der Waals surface area contributed by atoms with Gasteiger partial charge in [0.1, 0.15) is 6.17 Å². The van der Waals surface area contributed by atoms with Gasteiger partial charge in [-0.15, -0.1) is 11.8 Å². The molecule has 0 aliphatic carbocycles. The Kier molecular flexibility index (Phi) is 6.08. The average Bonchev–Trinajstić information content (AvgIpc) is 2.89. The highest BCUT2D eigenvalue weighted by Gasteiger charge is 2.31. The van der Waals surface area contributed by atoms with Gasteiger partial charge in [-0.2, -0.15) is 0 Å². The predicted molar refractivity (Wildman–Crippen MR) is 88.5 cm³/mol. The second kappa shape index (κ2) is 7.82. The molecular weight excluding hydrogens is 282 g/mol. The van der Waals surface area contributed by atoms with E-state index in [2.05, 4.69) is 54.6 Å². The first-order chi connectivity index (χ1) is 10.2. The molecule has 1 aliphatic rings. The highest BCUT2D eigenvalue weighted by atomic mass is 32.2. The molecule has 1 atom stereocenters. The SMILES string of the molecule is CCN(CC)CCN1C(=O)CNC1c1ccc(SC)cc1. The van der Waals surface area contributed by atoms with Crippen LogP contribution < -0.4 is 5.32 Å². The molecule has 1 fully saturated rings. The van der Waals surface area contributed by atoms with Crippen LogP contribution in [-0.4, -0.2) is 54.7 Å². The van der Waals surface area contributed by atoms with Gasteiger partial charge in [0.05, 0.1) is 6.54 Å². The standard InChI is InChI=1S/C16H25N3OS/c1-4-18(5-2)10-11-19-15(20)12-17-16(19)13-6-8-14(21-3)9-7-13/h6-9,16-17H,4-5,10-12H2,1-3H3. The second-order valence-corrected chi connectivity index (χ2v) is 6.05. The maximum atomic E-state index is 12.1. The van der Waals surface area contributed by atoms with Gasteiger partial charge >= 0.3 is 0 Å². The van der Waals surface area contributed by atoms with Crippen LogP contribution in [0.3, 0.4) is 0 Å². The third-order valence-electron chi connectivity index (χ3n) is 4.06. The summed E-state index contributed by atoms with van der Waals surface area (Å²) in [5.74, 6) is 0.195. The molecule has 1 amide bonds. The minimum atomic E-state index is 0.0176. The van der Waals surface area contributed by atoms with E-state index in [0.29, 0.717) is 6.54 Å². The lowest BCUT2D eigenvalue weighted by Crippen LogP contribution is -2.38. The number of rotatable bonds is 7. The lowest BCUT2D eigenvalue weighted by molar-refractivity contribution is -0.128. The first kappa shape index (κ1) is 16.3. The zero-order valence-corrected chi connectivity index (χ0v) is 13.9. The van der Waals surface area contributed by atoms with Gasteiger partial charge in [-0.05, 0) is 37.0 Å². The molecule has 0 saturated carbocycles. The summed E-state index contributed by atoms with van der Waals surface area (Å²) in [5, 5.41) is 3.32. The number of carbonyl (C=O) groups excluding carboxylic acids is 1. The summed E-state index contributed by atoms with van der Waals surface area (Å²) < 4.78 is 0. The zero-order chi connectivity index (χ0) is 15.2. The Labute approximate surface area is 131 Å². The lowest BCUT2D eigenvalue weighted by Gasteiger charge is -2.27. The van der Waals surface area contributed by atoms with Gasteiger partial charge in [-0.1, -0.05) is 26.0 Å². The van der Waals surface area contributed by atoms with Crippen molar-refractivity contribution in [2.75, 3.05) is 39.0 Å². The van der Waals surface area contributed by atoms with Crippen LogP contribution in [0.25, 0.3) is 0 Å². The van der Waals surface area contributed by atoms with Crippen LogP contribution in [-0.2, 0) is 4.79 Å². The van der Waals surface area contributed by atoms with Crippen molar-refractivity contribution >= 4 is 17.7 Å². The Bertz CT molecular complexity index is 459. The normalized spacial score (nSPS) is 18.8. The highest BCUT2D eigenvalue weighted by molar-refractivity contribution is 7.98. The number of amides is 1. The number of hydrogen-bond donors (Lipinski definition) is 1. The van der Waals surface area contributed by atoms with Gasteiger partial charge in [0.25, 0.3) is 0 Å². The number of nitrogens with one attached hydrogen (secondary N) is 1. The van der Waals surface area contributed by atoms with E-state index in [9.17, 15) is 4.79 Å². The number of nitrogens with zero attached hydrogens (tertiary/aromatic N) is 2. The smallest absolute Gasteiger partial charge is 0.238 e. The van der Waals surface area contributed by atoms with Crippen molar-refractivity contribution in [3.05, 3.63) is 29.8 Å². The fourth-order valence-electron chi connectivity index (χ4n) is 2.67. The number of carbonyl (C=O) groups is 1. The fraction of sp³-hybridized carbons (Fsp3) is 0.562. The molecule has 4 nitrogen and oxygen atoms in total. The van der Waals surface area contributed by atoms with Crippen molar-refractivity contribution in [2.45, 2.75) is 24.9 Å². The van der Waals surface area contributed by atoms with E-state index in [1.807, 2.05) is 4.90 Å². The highest BCUT2D eigenvalue weighted by Crippen LogP contribution is 2.24. The van der Waals surface area contributed by atoms with Gasteiger partial charge in [-0.3, -0.25) is 10.1 Å². The lowest BCUT2D eigenvalue weighted by atomic mass is 10.1. The second-order valence-electron chi connectivity index (χ2n) is 5.17. The number of likely N-dealkylation sites (N-methyl/N-ethyl adjacent to an activating group) is 1. The van der Waals surface area contributed by atoms with Crippen molar-refractivity contribution in [3.63, 3.8) is 0 Å². The van der Waals surface area contributed by atoms with Crippen LogP contribution in [0.2, 0.25) is 0 Å². The Morgan fingerprint density at radius 1 is 1.29 bits per heavy atom. The molecule has 1 aromatic rings. The zero-order valence-electron chi connectivity index (χ0n) is 13.1. The van der Waals surface area contributed by atoms with E-state index in [1.54, 1.807) is 11.8 Å². The van der Waals surface area contributed by atoms with Crippen LogP contribution in [0.4, 0.5) is 0 Å². The van der Waals surface area contributed by atoms with E-state index in [0.717, 1.165) is 31.7 Å². The molecular formula is C16H25N3OS. The molecule has 1 saturated heterocycles. The summed E-state index contributed by atoms with van der Waals surface area (Å²) in [6.07, 6.45) is 2.09. The molecule has 5 heteroatoms. The van der Waals surface area contributed by atoms with E-state index >= 15 is 0 Å². The summed E-state index contributed by atoms with van der Waals surface area (Å²) in [5.41, 5.74) is 1.16. The van der Waals surface area contributed by atoms with Crippen molar-refractivity contribution in [2.24, 2.45) is 0 Å². The van der Waals surface area contributed by atoms with Gasteiger partial charge < -0.3 is 9.80 Å². The monoisotopic (exact) mass is 307 g/mol. The molecule has 0 spiro atoms. The first-order valence-electron chi connectivity index (χ1n) is 7.58. The molecule has 0 aromatic heterocycles. The third kappa shape index (κ3) is 3.99. The molecule has 1 aromatic carbocycles. The predicted octanol–water partition coefficient (Wildman–Crippen LogP) is 2.18. The van der Waals surface area contributed by atoms with Crippen LogP contribution in [0, 0.1) is 0 Å². The maximum absolute atomic E-state index is 12.1. The third-order valence-corrected chi connectivity index (χ3v) is 4.81. The summed E-state index contributed by atoms with van der Waals surface area (Å²) in [4.78, 5) is 17.7. The van der Waals surface area contributed by atoms with Gasteiger partial charge in [-0.25, -0.2) is 0 Å². The molecule has 1 heterocycles. The summed E-state index contributed by atoms with van der Waals surface area (Å²) in [6.45, 7) is 8.52. The van der Waals surface area contributed by atoms with Crippen LogP contribution in [0.15, 0.2) is 29.2 Å². The van der Waals surface area contributed by atoms with Crippen molar-refractivity contribution < 1.29 is 4.79 Å². The van der Waals surface area contributed by atoms with E-state index in [-0.39, 0.29) is 12.1 Å². The Hall–Kier alpha value is -1.04. The fourth-order valence-corrected chi connectivity index (χ4v) is 3.07. The summed E-state index contributed by atoms with van der Waals surface area (Å²) in [7, 11) is 0. The van der Waals surface area contributed by atoms with E-state index in [4.69, 9.17) is 0 Å². The molecule has 116 valence electrons. The number of benzene rings is 1. The Balaban J connectivity index is 2.04. The summed E-state index contributed by atoms with van der Waals surface area (Å²) in [6, 6.07) is 8.47. The van der Waals surface area contributed by atoms with Crippen molar-refractivity contribution in [1.29, 1.82) is 0 Å². The largest absolute Gasteiger partial charge is 0.321 e. The van der Waals surface area contributed by atoms with Crippen LogP contribution >= 0.6 is 11.8 Å². The summed E-state index contributed by atoms with van der Waals surface area (Å²) >= 11 is 1.73. The quantitative estimate of drug-likeness (QED) is 0.783. The first-order valence-corrected chi connectivity index (χ1v) is 8.81. The van der Waals surface area contributed by atoms with E-state index < -0.39 is 0 Å². The molecule has 21 heavy (non-hydrogen) atoms. The minimum Gasteiger partial charge on any atom is -0.321 e. The van der Waals surface area contributed by atoms with Crippen LogP contribution in [0.5, 0.6) is 0 Å². The van der Waals surface area contributed by atoms with Crippen molar-refractivity contribution in [3.8, 4) is 0 Å². The number of thioether (sulfide) groups is 1. The molecule has 1 N–H and O–H groups in total.